The lowest BCUT2D eigenvalue weighted by atomic mass is 10.0. The summed E-state index contributed by atoms with van der Waals surface area (Å²) in [7, 11) is 0. The van der Waals surface area contributed by atoms with Gasteiger partial charge in [0.05, 0.1) is 12.4 Å². The molecule has 0 atom stereocenters. The summed E-state index contributed by atoms with van der Waals surface area (Å²) in [5.74, 6) is 0.0669. The first-order chi connectivity index (χ1) is 14.2. The van der Waals surface area contributed by atoms with Crippen LogP contribution in [0.1, 0.15) is 33.6 Å². The Labute approximate surface area is 169 Å². The van der Waals surface area contributed by atoms with Crippen LogP contribution in [0.15, 0.2) is 66.7 Å². The maximum absolute atomic E-state index is 13.0. The number of carbonyl (C=O) groups excluding carboxylic acids is 2. The molecule has 29 heavy (non-hydrogen) atoms. The van der Waals surface area contributed by atoms with Crippen LogP contribution in [0, 0.1) is 0 Å². The highest BCUT2D eigenvalue weighted by Crippen LogP contribution is 2.37. The first kappa shape index (κ1) is 17.9. The molecule has 0 unspecified atom stereocenters. The predicted molar refractivity (Wildman–Crippen MR) is 114 cm³/mol. The molecule has 1 saturated heterocycles. The third-order valence-corrected chi connectivity index (χ3v) is 5.95. The van der Waals surface area contributed by atoms with E-state index in [9.17, 15) is 9.59 Å². The van der Waals surface area contributed by atoms with E-state index in [0.717, 1.165) is 48.0 Å². The van der Waals surface area contributed by atoms with Gasteiger partial charge in [-0.15, -0.1) is 0 Å². The van der Waals surface area contributed by atoms with Crippen LogP contribution < -0.4 is 10.2 Å². The first-order valence-electron chi connectivity index (χ1n) is 10.1. The summed E-state index contributed by atoms with van der Waals surface area (Å²) < 4.78 is 0. The highest BCUT2D eigenvalue weighted by Gasteiger charge is 2.31. The van der Waals surface area contributed by atoms with Crippen molar-refractivity contribution >= 4 is 28.3 Å². The van der Waals surface area contributed by atoms with Gasteiger partial charge in [-0.05, 0) is 42.5 Å². The van der Waals surface area contributed by atoms with Crippen LogP contribution in [-0.4, -0.2) is 42.5 Å². The lowest BCUT2D eigenvalue weighted by Crippen LogP contribution is -2.48. The Morgan fingerprint density at radius 1 is 0.931 bits per heavy atom. The summed E-state index contributed by atoms with van der Waals surface area (Å²) in [4.78, 5) is 29.5. The van der Waals surface area contributed by atoms with E-state index in [1.165, 1.54) is 0 Å². The van der Waals surface area contributed by atoms with E-state index >= 15 is 0 Å². The zero-order valence-corrected chi connectivity index (χ0v) is 16.2. The number of nitrogens with zero attached hydrogens (tertiary/aromatic N) is 2. The molecule has 3 aromatic rings. The average molecular weight is 385 g/mol. The van der Waals surface area contributed by atoms with Gasteiger partial charge in [0.25, 0.3) is 11.8 Å². The van der Waals surface area contributed by atoms with Crippen LogP contribution in [0.4, 0.5) is 5.69 Å². The second-order valence-electron chi connectivity index (χ2n) is 7.79. The molecule has 0 aromatic heterocycles. The molecule has 1 fully saturated rings. The fourth-order valence-electron chi connectivity index (χ4n) is 4.40. The normalized spacial score (nSPS) is 17.1. The number of rotatable bonds is 4. The van der Waals surface area contributed by atoms with E-state index < -0.39 is 0 Å². The standard InChI is InChI=1S/C24H23N3O2/c28-23(18-6-2-1-3-7-18)25-19-12-14-26(15-13-19)16-27-21-11-5-9-17-8-4-10-20(22(17)21)24(27)29/h1-11,19H,12-16H2,(H,25,28). The molecule has 0 spiro atoms. The quantitative estimate of drug-likeness (QED) is 0.746. The number of amides is 2. The van der Waals surface area contributed by atoms with Gasteiger partial charge in [0.1, 0.15) is 0 Å². The van der Waals surface area contributed by atoms with E-state index in [1.807, 2.05) is 59.5 Å². The van der Waals surface area contributed by atoms with Gasteiger partial charge >= 0.3 is 0 Å². The highest BCUT2D eigenvalue weighted by molar-refractivity contribution is 6.24. The number of carbonyl (C=O) groups is 2. The number of hydrogen-bond acceptors (Lipinski definition) is 3. The minimum Gasteiger partial charge on any atom is -0.349 e. The van der Waals surface area contributed by atoms with Crippen molar-refractivity contribution in [3.8, 4) is 0 Å². The number of piperidine rings is 1. The van der Waals surface area contributed by atoms with Crippen molar-refractivity contribution in [2.24, 2.45) is 0 Å². The summed E-state index contributed by atoms with van der Waals surface area (Å²) in [6.07, 6.45) is 1.77. The molecule has 1 N–H and O–H groups in total. The van der Waals surface area contributed by atoms with Crippen molar-refractivity contribution in [1.29, 1.82) is 0 Å². The largest absolute Gasteiger partial charge is 0.349 e. The molecule has 2 heterocycles. The lowest BCUT2D eigenvalue weighted by Gasteiger charge is -2.35. The van der Waals surface area contributed by atoms with Crippen molar-refractivity contribution in [2.45, 2.75) is 18.9 Å². The maximum atomic E-state index is 13.0. The SMILES string of the molecule is O=C(NC1CCN(CN2C(=O)c3cccc4cccc2c34)CC1)c1ccccc1. The predicted octanol–water partition coefficient (Wildman–Crippen LogP) is 3.65. The van der Waals surface area contributed by atoms with E-state index in [2.05, 4.69) is 22.3 Å². The summed E-state index contributed by atoms with van der Waals surface area (Å²) in [5, 5.41) is 5.31. The molecule has 5 rings (SSSR count). The number of benzene rings is 3. The van der Waals surface area contributed by atoms with Gasteiger partial charge in [-0.1, -0.05) is 42.5 Å². The molecule has 0 saturated carbocycles. The van der Waals surface area contributed by atoms with Crippen LogP contribution in [-0.2, 0) is 0 Å². The number of likely N-dealkylation sites (tertiary alicyclic amines) is 1. The molecule has 2 aliphatic rings. The smallest absolute Gasteiger partial charge is 0.260 e. The lowest BCUT2D eigenvalue weighted by molar-refractivity contribution is 0.0906. The van der Waals surface area contributed by atoms with Gasteiger partial charge in [-0.2, -0.15) is 0 Å². The van der Waals surface area contributed by atoms with Gasteiger partial charge in [-0.25, -0.2) is 0 Å². The Bertz CT molecular complexity index is 1070. The Kier molecular flexibility index (Phi) is 4.52. The highest BCUT2D eigenvalue weighted by atomic mass is 16.2. The van der Waals surface area contributed by atoms with Crippen LogP contribution in [0.3, 0.4) is 0 Å². The second-order valence-corrected chi connectivity index (χ2v) is 7.79. The zero-order chi connectivity index (χ0) is 19.8. The maximum Gasteiger partial charge on any atom is 0.260 e. The second kappa shape index (κ2) is 7.33. The van der Waals surface area contributed by atoms with Crippen LogP contribution >= 0.6 is 0 Å². The number of anilines is 1. The van der Waals surface area contributed by atoms with Gasteiger partial charge in [0.2, 0.25) is 0 Å². The van der Waals surface area contributed by atoms with Gasteiger partial charge in [-0.3, -0.25) is 19.4 Å². The van der Waals surface area contributed by atoms with Crippen molar-refractivity contribution in [1.82, 2.24) is 10.2 Å². The Balaban J connectivity index is 1.22. The molecule has 146 valence electrons. The van der Waals surface area contributed by atoms with Crippen molar-refractivity contribution < 1.29 is 9.59 Å². The molecule has 0 aliphatic carbocycles. The Hall–Kier alpha value is -3.18. The fraction of sp³-hybridized carbons (Fsp3) is 0.250. The topological polar surface area (TPSA) is 52.7 Å². The molecule has 2 aliphatic heterocycles. The molecule has 0 bridgehead atoms. The third kappa shape index (κ3) is 3.28. The monoisotopic (exact) mass is 385 g/mol. The van der Waals surface area contributed by atoms with Gasteiger partial charge < -0.3 is 5.32 Å². The van der Waals surface area contributed by atoms with Crippen LogP contribution in [0.25, 0.3) is 10.8 Å². The molecular weight excluding hydrogens is 362 g/mol. The van der Waals surface area contributed by atoms with Gasteiger partial charge in [0, 0.05) is 35.6 Å². The molecule has 5 heteroatoms. The summed E-state index contributed by atoms with van der Waals surface area (Å²) in [5.41, 5.74) is 2.49. The molecule has 2 amide bonds. The van der Waals surface area contributed by atoms with E-state index in [0.29, 0.717) is 12.2 Å². The summed E-state index contributed by atoms with van der Waals surface area (Å²) >= 11 is 0. The Morgan fingerprint density at radius 3 is 2.41 bits per heavy atom. The van der Waals surface area contributed by atoms with Gasteiger partial charge in [0.15, 0.2) is 0 Å². The third-order valence-electron chi connectivity index (χ3n) is 5.95. The number of nitrogens with one attached hydrogen (secondary N) is 1. The van der Waals surface area contributed by atoms with E-state index in [1.54, 1.807) is 0 Å². The first-order valence-corrected chi connectivity index (χ1v) is 10.1. The average Bonchev–Trinajstić information content (AvgIpc) is 3.04. The number of hydrogen-bond donors (Lipinski definition) is 1. The van der Waals surface area contributed by atoms with Crippen LogP contribution in [0.5, 0.6) is 0 Å². The minimum absolute atomic E-state index is 0.0131. The fourth-order valence-corrected chi connectivity index (χ4v) is 4.40. The van der Waals surface area contributed by atoms with Crippen LogP contribution in [0.2, 0.25) is 0 Å². The molecule has 5 nitrogen and oxygen atoms in total. The molecule has 0 radical (unpaired) electrons. The summed E-state index contributed by atoms with van der Waals surface area (Å²) in [6, 6.07) is 21.5. The van der Waals surface area contributed by atoms with Crippen molar-refractivity contribution in [2.75, 3.05) is 24.7 Å². The van der Waals surface area contributed by atoms with Crippen molar-refractivity contribution in [3.05, 3.63) is 77.9 Å². The van der Waals surface area contributed by atoms with E-state index in [4.69, 9.17) is 0 Å². The van der Waals surface area contributed by atoms with Crippen molar-refractivity contribution in [3.63, 3.8) is 0 Å². The summed E-state index contributed by atoms with van der Waals surface area (Å²) in [6.45, 7) is 2.30. The molecular formula is C24H23N3O2. The minimum atomic E-state index is -0.0131. The van der Waals surface area contributed by atoms with E-state index in [-0.39, 0.29) is 17.9 Å². The molecule has 3 aromatic carbocycles. The zero-order valence-electron chi connectivity index (χ0n) is 16.2. The Morgan fingerprint density at radius 2 is 1.66 bits per heavy atom.